The van der Waals surface area contributed by atoms with Crippen LogP contribution in [0.3, 0.4) is 0 Å². The Morgan fingerprint density at radius 2 is 2.06 bits per heavy atom. The zero-order valence-corrected chi connectivity index (χ0v) is 11.6. The van der Waals surface area contributed by atoms with Gasteiger partial charge in [-0.3, -0.25) is 0 Å². The second-order valence-electron chi connectivity index (χ2n) is 5.02. The van der Waals surface area contributed by atoms with Crippen molar-refractivity contribution < 1.29 is 9.84 Å². The van der Waals surface area contributed by atoms with E-state index in [0.717, 1.165) is 31.5 Å². The summed E-state index contributed by atoms with van der Waals surface area (Å²) in [7, 11) is 1.61. The lowest BCUT2D eigenvalue weighted by molar-refractivity contribution is -0.0185. The minimum atomic E-state index is -0.883. The smallest absolute Gasteiger partial charge is 0.120 e. The van der Waals surface area contributed by atoms with E-state index in [1.807, 2.05) is 19.1 Å². The highest BCUT2D eigenvalue weighted by Gasteiger charge is 2.35. The number of aliphatic hydroxyl groups is 1. The lowest BCUT2D eigenvalue weighted by atomic mass is 9.78. The highest BCUT2D eigenvalue weighted by molar-refractivity contribution is 6.31. The summed E-state index contributed by atoms with van der Waals surface area (Å²) in [5.74, 6) is 0.953. The van der Waals surface area contributed by atoms with E-state index >= 15 is 0 Å². The monoisotopic (exact) mass is 269 g/mol. The van der Waals surface area contributed by atoms with Gasteiger partial charge >= 0.3 is 0 Å². The zero-order chi connectivity index (χ0) is 13.2. The molecule has 0 aliphatic carbocycles. The van der Waals surface area contributed by atoms with Gasteiger partial charge in [0.2, 0.25) is 0 Å². The number of methoxy groups -OCH3 is 1. The highest BCUT2D eigenvalue weighted by atomic mass is 35.5. The van der Waals surface area contributed by atoms with Crippen LogP contribution in [-0.2, 0) is 5.60 Å². The van der Waals surface area contributed by atoms with E-state index in [1.165, 1.54) is 0 Å². The van der Waals surface area contributed by atoms with Gasteiger partial charge in [0, 0.05) is 5.56 Å². The van der Waals surface area contributed by atoms with E-state index in [2.05, 4.69) is 5.32 Å². The van der Waals surface area contributed by atoms with Crippen LogP contribution in [0.15, 0.2) is 18.2 Å². The third-order valence-corrected chi connectivity index (χ3v) is 4.17. The number of benzene rings is 1. The van der Waals surface area contributed by atoms with Crippen LogP contribution >= 0.6 is 11.6 Å². The van der Waals surface area contributed by atoms with Crippen molar-refractivity contribution in [3.63, 3.8) is 0 Å². The maximum absolute atomic E-state index is 10.8. The Morgan fingerprint density at radius 3 is 2.61 bits per heavy atom. The average Bonchev–Trinajstić information content (AvgIpc) is 2.39. The first-order chi connectivity index (χ1) is 8.55. The molecular weight excluding hydrogens is 250 g/mol. The molecule has 1 aliphatic rings. The van der Waals surface area contributed by atoms with Crippen LogP contribution in [0.1, 0.15) is 25.3 Å². The minimum Gasteiger partial charge on any atom is -0.497 e. The maximum atomic E-state index is 10.8. The van der Waals surface area contributed by atoms with Gasteiger partial charge in [-0.05, 0) is 50.9 Å². The van der Waals surface area contributed by atoms with Crippen molar-refractivity contribution in [2.45, 2.75) is 25.4 Å². The highest BCUT2D eigenvalue weighted by Crippen LogP contribution is 2.39. The van der Waals surface area contributed by atoms with Crippen LogP contribution in [0.4, 0.5) is 0 Å². The summed E-state index contributed by atoms with van der Waals surface area (Å²) in [5, 5.41) is 14.7. The molecule has 4 heteroatoms. The molecule has 0 bridgehead atoms. The molecule has 3 nitrogen and oxygen atoms in total. The van der Waals surface area contributed by atoms with Crippen molar-refractivity contribution in [3.05, 3.63) is 28.8 Å². The summed E-state index contributed by atoms with van der Waals surface area (Å²) in [5.41, 5.74) is -0.0947. The lowest BCUT2D eigenvalue weighted by Gasteiger charge is -2.36. The van der Waals surface area contributed by atoms with Gasteiger partial charge in [0.15, 0.2) is 0 Å². The number of hydrogen-bond acceptors (Lipinski definition) is 3. The van der Waals surface area contributed by atoms with Crippen LogP contribution in [0.5, 0.6) is 5.75 Å². The van der Waals surface area contributed by atoms with Gasteiger partial charge in [-0.25, -0.2) is 0 Å². The van der Waals surface area contributed by atoms with Gasteiger partial charge in [0.25, 0.3) is 0 Å². The number of nitrogens with one attached hydrogen (secondary N) is 1. The molecule has 1 aromatic rings. The van der Waals surface area contributed by atoms with Gasteiger partial charge in [-0.1, -0.05) is 17.7 Å². The largest absolute Gasteiger partial charge is 0.497 e. The van der Waals surface area contributed by atoms with Gasteiger partial charge in [-0.2, -0.15) is 0 Å². The Kier molecular flexibility index (Phi) is 4.15. The molecule has 0 spiro atoms. The molecule has 1 fully saturated rings. The predicted molar refractivity (Wildman–Crippen MR) is 73.2 cm³/mol. The zero-order valence-electron chi connectivity index (χ0n) is 10.9. The number of ether oxygens (including phenoxy) is 1. The van der Waals surface area contributed by atoms with E-state index in [1.54, 1.807) is 13.2 Å². The minimum absolute atomic E-state index is 0.240. The summed E-state index contributed by atoms with van der Waals surface area (Å²) in [6, 6.07) is 5.46. The fraction of sp³-hybridized carbons (Fsp3) is 0.571. The summed E-state index contributed by atoms with van der Waals surface area (Å²) in [4.78, 5) is 0. The first kappa shape index (κ1) is 13.7. The molecule has 1 saturated heterocycles. The quantitative estimate of drug-likeness (QED) is 0.886. The summed E-state index contributed by atoms with van der Waals surface area (Å²) in [6.45, 7) is 3.76. The third kappa shape index (κ3) is 2.63. The molecule has 1 aromatic carbocycles. The fourth-order valence-corrected chi connectivity index (χ4v) is 3.00. The molecule has 100 valence electrons. The van der Waals surface area contributed by atoms with E-state index in [4.69, 9.17) is 16.3 Å². The summed E-state index contributed by atoms with van der Waals surface area (Å²) < 4.78 is 5.13. The molecule has 0 radical (unpaired) electrons. The normalized spacial score (nSPS) is 20.4. The maximum Gasteiger partial charge on any atom is 0.120 e. The lowest BCUT2D eigenvalue weighted by Crippen LogP contribution is -2.40. The molecule has 1 heterocycles. The molecule has 18 heavy (non-hydrogen) atoms. The average molecular weight is 270 g/mol. The number of rotatable bonds is 3. The van der Waals surface area contributed by atoms with Crippen LogP contribution in [0.2, 0.25) is 5.02 Å². The first-order valence-electron chi connectivity index (χ1n) is 6.33. The molecule has 2 N–H and O–H groups in total. The van der Waals surface area contributed by atoms with E-state index < -0.39 is 5.60 Å². The van der Waals surface area contributed by atoms with Crippen molar-refractivity contribution in [2.75, 3.05) is 20.2 Å². The Hall–Kier alpha value is -0.770. The van der Waals surface area contributed by atoms with E-state index in [0.29, 0.717) is 10.8 Å². The first-order valence-corrected chi connectivity index (χ1v) is 6.70. The van der Waals surface area contributed by atoms with Crippen molar-refractivity contribution >= 4 is 11.6 Å². The second kappa shape index (κ2) is 5.47. The van der Waals surface area contributed by atoms with Gasteiger partial charge < -0.3 is 15.2 Å². The molecule has 0 amide bonds. The van der Waals surface area contributed by atoms with Gasteiger partial charge in [0.1, 0.15) is 5.75 Å². The van der Waals surface area contributed by atoms with Crippen LogP contribution in [0.25, 0.3) is 0 Å². The van der Waals surface area contributed by atoms with Crippen molar-refractivity contribution in [1.29, 1.82) is 0 Å². The van der Waals surface area contributed by atoms with Crippen LogP contribution < -0.4 is 10.1 Å². The van der Waals surface area contributed by atoms with Gasteiger partial charge in [0.05, 0.1) is 17.7 Å². The topological polar surface area (TPSA) is 41.5 Å². The standard InChI is InChI=1S/C14H20ClNO2/c1-14(17,10-5-7-16-8-6-10)12-4-3-11(18-2)9-13(12)15/h3-4,9-10,16-17H,5-8H2,1-2H3. The molecule has 1 unspecified atom stereocenters. The molecule has 0 aromatic heterocycles. The molecule has 1 aliphatic heterocycles. The SMILES string of the molecule is COc1ccc(C(C)(O)C2CCNCC2)c(Cl)c1. The Balaban J connectivity index is 2.27. The van der Waals surface area contributed by atoms with Crippen LogP contribution in [0, 0.1) is 5.92 Å². The molecule has 2 rings (SSSR count). The molecular formula is C14H20ClNO2. The molecule has 1 atom stereocenters. The number of halogens is 1. The predicted octanol–water partition coefficient (Wildman–Crippen LogP) is 2.56. The second-order valence-corrected chi connectivity index (χ2v) is 5.42. The third-order valence-electron chi connectivity index (χ3n) is 3.86. The Bertz CT molecular complexity index is 414. The Morgan fingerprint density at radius 1 is 1.39 bits per heavy atom. The molecule has 0 saturated carbocycles. The van der Waals surface area contributed by atoms with E-state index in [9.17, 15) is 5.11 Å². The summed E-state index contributed by atoms with van der Waals surface area (Å²) in [6.07, 6.45) is 1.94. The van der Waals surface area contributed by atoms with E-state index in [-0.39, 0.29) is 5.92 Å². The van der Waals surface area contributed by atoms with Crippen LogP contribution in [-0.4, -0.2) is 25.3 Å². The Labute approximate surface area is 113 Å². The van der Waals surface area contributed by atoms with Gasteiger partial charge in [-0.15, -0.1) is 0 Å². The number of piperidine rings is 1. The number of hydrogen-bond donors (Lipinski definition) is 2. The summed E-state index contributed by atoms with van der Waals surface area (Å²) >= 11 is 6.26. The van der Waals surface area contributed by atoms with Crippen molar-refractivity contribution in [1.82, 2.24) is 5.32 Å². The van der Waals surface area contributed by atoms with Crippen molar-refractivity contribution in [2.24, 2.45) is 5.92 Å². The fourth-order valence-electron chi connectivity index (χ4n) is 2.64. The van der Waals surface area contributed by atoms with Crippen molar-refractivity contribution in [3.8, 4) is 5.75 Å².